The SMILES string of the molecule is Cc1ccc2nc(NCCc3ccccc3)c(C=C3SC(=S)N(C(C)C)C3=O)c(=O)n2c1. The van der Waals surface area contributed by atoms with Gasteiger partial charge >= 0.3 is 0 Å². The first-order valence-electron chi connectivity index (χ1n) is 10.4. The van der Waals surface area contributed by atoms with Crippen molar-refractivity contribution in [3.8, 4) is 0 Å². The van der Waals surface area contributed by atoms with Crippen LogP contribution in [-0.2, 0) is 11.2 Å². The average Bonchev–Trinajstić information content (AvgIpc) is 3.05. The molecule has 0 aliphatic carbocycles. The Hall–Kier alpha value is -2.97. The number of thioether (sulfide) groups is 1. The number of amides is 1. The lowest BCUT2D eigenvalue weighted by Crippen LogP contribution is -2.34. The lowest BCUT2D eigenvalue weighted by Gasteiger charge is -2.18. The summed E-state index contributed by atoms with van der Waals surface area (Å²) in [6.07, 6.45) is 4.16. The minimum absolute atomic E-state index is 0.0460. The van der Waals surface area contributed by atoms with Crippen LogP contribution in [-0.4, -0.2) is 37.1 Å². The number of fused-ring (bicyclic) bond motifs is 1. The first-order chi connectivity index (χ1) is 15.3. The van der Waals surface area contributed by atoms with Crippen molar-refractivity contribution in [2.45, 2.75) is 33.2 Å². The van der Waals surface area contributed by atoms with Crippen LogP contribution < -0.4 is 10.9 Å². The molecule has 0 spiro atoms. The quantitative estimate of drug-likeness (QED) is 0.434. The standard InChI is InChI=1S/C24H24N4O2S2/c1-15(2)28-23(30)19(32-24(28)31)13-18-21(25-12-11-17-7-5-4-6-8-17)26-20-10-9-16(3)14-27(20)22(18)29/h4-10,13-15,25H,11-12H2,1-3H3. The van der Waals surface area contributed by atoms with Gasteiger partial charge in [0.2, 0.25) is 0 Å². The highest BCUT2D eigenvalue weighted by Gasteiger charge is 2.34. The average molecular weight is 465 g/mol. The summed E-state index contributed by atoms with van der Waals surface area (Å²) >= 11 is 6.60. The van der Waals surface area contributed by atoms with Crippen LogP contribution in [0, 0.1) is 6.92 Å². The van der Waals surface area contributed by atoms with Gasteiger partial charge in [0, 0.05) is 18.8 Å². The van der Waals surface area contributed by atoms with Crippen molar-refractivity contribution in [2.75, 3.05) is 11.9 Å². The van der Waals surface area contributed by atoms with E-state index in [1.165, 1.54) is 21.7 Å². The van der Waals surface area contributed by atoms with Crippen LogP contribution in [0.15, 0.2) is 58.4 Å². The third-order valence-corrected chi connectivity index (χ3v) is 6.50. The third-order valence-electron chi connectivity index (χ3n) is 5.17. The van der Waals surface area contributed by atoms with E-state index < -0.39 is 0 Å². The predicted octanol–water partition coefficient (Wildman–Crippen LogP) is 4.27. The highest BCUT2D eigenvalue weighted by atomic mass is 32.2. The molecule has 0 radical (unpaired) electrons. The smallest absolute Gasteiger partial charge is 0.267 e. The van der Waals surface area contributed by atoms with Gasteiger partial charge in [-0.3, -0.25) is 18.9 Å². The van der Waals surface area contributed by atoms with Crippen molar-refractivity contribution in [2.24, 2.45) is 0 Å². The summed E-state index contributed by atoms with van der Waals surface area (Å²) in [6, 6.07) is 13.8. The number of benzene rings is 1. The topological polar surface area (TPSA) is 66.7 Å². The zero-order valence-corrected chi connectivity index (χ0v) is 19.8. The molecule has 1 amide bonds. The highest BCUT2D eigenvalue weighted by Crippen LogP contribution is 2.34. The molecule has 6 nitrogen and oxygen atoms in total. The number of hydrogen-bond acceptors (Lipinski definition) is 6. The summed E-state index contributed by atoms with van der Waals surface area (Å²) in [5.74, 6) is 0.281. The number of carbonyl (C=O) groups excluding carboxylic acids is 1. The number of nitrogens with one attached hydrogen (secondary N) is 1. The molecule has 1 N–H and O–H groups in total. The molecule has 1 aromatic carbocycles. The molecule has 4 rings (SSSR count). The second-order valence-electron chi connectivity index (χ2n) is 7.92. The minimum atomic E-state index is -0.226. The van der Waals surface area contributed by atoms with Gasteiger partial charge in [-0.15, -0.1) is 0 Å². The Kier molecular flexibility index (Phi) is 6.43. The van der Waals surface area contributed by atoms with Crippen LogP contribution in [0.25, 0.3) is 11.7 Å². The first-order valence-corrected chi connectivity index (χ1v) is 11.7. The Morgan fingerprint density at radius 3 is 2.59 bits per heavy atom. The number of thiocarbonyl (C=S) groups is 1. The molecule has 0 saturated carbocycles. The van der Waals surface area contributed by atoms with Gasteiger partial charge in [-0.05, 0) is 50.5 Å². The number of carbonyl (C=O) groups is 1. The van der Waals surface area contributed by atoms with Gasteiger partial charge in [0.25, 0.3) is 11.5 Å². The van der Waals surface area contributed by atoms with Gasteiger partial charge < -0.3 is 5.32 Å². The number of pyridine rings is 1. The van der Waals surface area contributed by atoms with Crippen molar-refractivity contribution in [3.63, 3.8) is 0 Å². The molecule has 1 saturated heterocycles. The Bertz CT molecular complexity index is 1280. The van der Waals surface area contributed by atoms with E-state index in [0.29, 0.717) is 32.8 Å². The predicted molar refractivity (Wildman–Crippen MR) is 135 cm³/mol. The molecular formula is C24H24N4O2S2. The van der Waals surface area contributed by atoms with Gasteiger partial charge in [0.1, 0.15) is 15.8 Å². The normalized spacial score (nSPS) is 15.4. The maximum Gasteiger partial charge on any atom is 0.267 e. The van der Waals surface area contributed by atoms with Crippen LogP contribution in [0.3, 0.4) is 0 Å². The van der Waals surface area contributed by atoms with Crippen LogP contribution in [0.2, 0.25) is 0 Å². The van der Waals surface area contributed by atoms with Crippen LogP contribution in [0.4, 0.5) is 5.82 Å². The maximum absolute atomic E-state index is 13.4. The summed E-state index contributed by atoms with van der Waals surface area (Å²) < 4.78 is 2.02. The maximum atomic E-state index is 13.4. The fourth-order valence-corrected chi connectivity index (χ4v) is 5.06. The molecule has 1 aliphatic heterocycles. The number of nitrogens with zero attached hydrogens (tertiary/aromatic N) is 3. The number of aryl methyl sites for hydroxylation is 1. The molecule has 3 heterocycles. The molecule has 0 bridgehead atoms. The minimum Gasteiger partial charge on any atom is -0.369 e. The monoisotopic (exact) mass is 464 g/mol. The second kappa shape index (κ2) is 9.26. The molecule has 0 atom stereocenters. The molecule has 1 aliphatic rings. The van der Waals surface area contributed by atoms with Crippen LogP contribution in [0.1, 0.15) is 30.5 Å². The molecule has 2 aromatic heterocycles. The van der Waals surface area contributed by atoms with E-state index in [4.69, 9.17) is 12.2 Å². The van der Waals surface area contributed by atoms with Gasteiger partial charge in [0.15, 0.2) is 0 Å². The van der Waals surface area contributed by atoms with Crippen molar-refractivity contribution in [3.05, 3.63) is 80.6 Å². The van der Waals surface area contributed by atoms with Gasteiger partial charge in [-0.25, -0.2) is 4.98 Å². The lowest BCUT2D eigenvalue weighted by molar-refractivity contribution is -0.123. The Morgan fingerprint density at radius 1 is 1.16 bits per heavy atom. The Balaban J connectivity index is 1.74. The van der Waals surface area contributed by atoms with Crippen molar-refractivity contribution < 1.29 is 4.79 Å². The Labute approximate surface area is 196 Å². The van der Waals surface area contributed by atoms with E-state index in [2.05, 4.69) is 22.4 Å². The van der Waals surface area contributed by atoms with E-state index in [0.717, 1.165) is 12.0 Å². The van der Waals surface area contributed by atoms with Crippen LogP contribution >= 0.6 is 24.0 Å². The number of hydrogen-bond donors (Lipinski definition) is 1. The van der Waals surface area contributed by atoms with E-state index in [1.807, 2.05) is 51.1 Å². The second-order valence-corrected chi connectivity index (χ2v) is 9.60. The molecule has 3 aromatic rings. The number of aromatic nitrogens is 2. The van der Waals surface area contributed by atoms with Crippen LogP contribution in [0.5, 0.6) is 0 Å². The molecule has 32 heavy (non-hydrogen) atoms. The summed E-state index contributed by atoms with van der Waals surface area (Å²) in [6.45, 7) is 6.36. The van der Waals surface area contributed by atoms with E-state index in [-0.39, 0.29) is 17.5 Å². The summed E-state index contributed by atoms with van der Waals surface area (Å²) in [4.78, 5) is 33.0. The summed E-state index contributed by atoms with van der Waals surface area (Å²) in [5.41, 5.74) is 2.81. The molecule has 164 valence electrons. The fourth-order valence-electron chi connectivity index (χ4n) is 3.55. The zero-order chi connectivity index (χ0) is 22.8. The summed E-state index contributed by atoms with van der Waals surface area (Å²) in [7, 11) is 0. The fraction of sp³-hybridized carbons (Fsp3) is 0.250. The number of rotatable bonds is 6. The van der Waals surface area contributed by atoms with Crippen molar-refractivity contribution in [1.82, 2.24) is 14.3 Å². The summed E-state index contributed by atoms with van der Waals surface area (Å²) in [5, 5.41) is 3.31. The molecule has 0 unspecified atom stereocenters. The Morgan fingerprint density at radius 2 is 1.91 bits per heavy atom. The van der Waals surface area contributed by atoms with E-state index in [1.54, 1.807) is 17.2 Å². The largest absolute Gasteiger partial charge is 0.369 e. The van der Waals surface area contributed by atoms with E-state index >= 15 is 0 Å². The highest BCUT2D eigenvalue weighted by molar-refractivity contribution is 8.26. The first kappa shape index (κ1) is 22.2. The zero-order valence-electron chi connectivity index (χ0n) is 18.2. The van der Waals surface area contributed by atoms with Gasteiger partial charge in [-0.1, -0.05) is 60.4 Å². The third kappa shape index (κ3) is 4.47. The van der Waals surface area contributed by atoms with Gasteiger partial charge in [0.05, 0.1) is 10.5 Å². The number of anilines is 1. The van der Waals surface area contributed by atoms with Gasteiger partial charge in [-0.2, -0.15) is 0 Å². The molecule has 1 fully saturated rings. The molecule has 8 heteroatoms. The van der Waals surface area contributed by atoms with E-state index in [9.17, 15) is 9.59 Å². The molecular weight excluding hydrogens is 440 g/mol. The van der Waals surface area contributed by atoms with Crippen molar-refractivity contribution >= 4 is 51.7 Å². The van der Waals surface area contributed by atoms with Crippen molar-refractivity contribution in [1.29, 1.82) is 0 Å². The lowest BCUT2D eigenvalue weighted by atomic mass is 10.1.